The second-order valence-electron chi connectivity index (χ2n) is 9.66. The van der Waals surface area contributed by atoms with Gasteiger partial charge in [-0.2, -0.15) is 0 Å². The molecule has 2 heterocycles. The number of rotatable bonds is 11. The van der Waals surface area contributed by atoms with E-state index < -0.39 is 17.9 Å². The van der Waals surface area contributed by atoms with Gasteiger partial charge in [0.05, 0.1) is 16.1 Å². The molecular formula is C27H33Cl2N5O5. The highest BCUT2D eigenvalue weighted by molar-refractivity contribution is 6.32. The Morgan fingerprint density at radius 2 is 1.95 bits per heavy atom. The van der Waals surface area contributed by atoms with Crippen LogP contribution in [-0.2, 0) is 34.3 Å². The number of benzene rings is 2. The summed E-state index contributed by atoms with van der Waals surface area (Å²) in [4.78, 5) is 47.8. The molecule has 1 unspecified atom stereocenters. The van der Waals surface area contributed by atoms with E-state index in [1.165, 1.54) is 9.13 Å². The van der Waals surface area contributed by atoms with Crippen LogP contribution in [0.3, 0.4) is 0 Å². The number of hydrogen-bond donors (Lipinski definition) is 3. The van der Waals surface area contributed by atoms with Crippen molar-refractivity contribution in [2.75, 3.05) is 6.61 Å². The molecule has 0 spiro atoms. The average Bonchev–Trinajstić information content (AvgIpc) is 3.12. The van der Waals surface area contributed by atoms with Crippen molar-refractivity contribution >= 4 is 52.8 Å². The van der Waals surface area contributed by atoms with Gasteiger partial charge < -0.3 is 16.2 Å². The van der Waals surface area contributed by atoms with E-state index in [9.17, 15) is 19.2 Å². The van der Waals surface area contributed by atoms with Crippen LogP contribution >= 0.6 is 24.0 Å². The lowest BCUT2D eigenvalue weighted by atomic mass is 10.0. The smallest absolute Gasteiger partial charge is 0.329 e. The highest BCUT2D eigenvalue weighted by Gasteiger charge is 2.31. The van der Waals surface area contributed by atoms with Gasteiger partial charge in [-0.3, -0.25) is 28.8 Å². The average molecular weight is 578 g/mol. The van der Waals surface area contributed by atoms with Crippen LogP contribution in [0, 0.1) is 0 Å². The van der Waals surface area contributed by atoms with E-state index >= 15 is 0 Å². The number of primary amides is 1. The van der Waals surface area contributed by atoms with Crippen molar-refractivity contribution in [1.82, 2.24) is 14.5 Å². The van der Waals surface area contributed by atoms with Crippen molar-refractivity contribution in [2.24, 2.45) is 18.5 Å². The Balaban J connectivity index is 0.00000420. The van der Waals surface area contributed by atoms with Gasteiger partial charge in [0.15, 0.2) is 0 Å². The van der Waals surface area contributed by atoms with E-state index in [-0.39, 0.29) is 49.5 Å². The van der Waals surface area contributed by atoms with Gasteiger partial charge in [0, 0.05) is 25.9 Å². The third-order valence-electron chi connectivity index (χ3n) is 6.84. The zero-order chi connectivity index (χ0) is 27.4. The van der Waals surface area contributed by atoms with Crippen LogP contribution in [0.5, 0.6) is 5.75 Å². The molecule has 39 heavy (non-hydrogen) atoms. The maximum Gasteiger partial charge on any atom is 0.329 e. The molecule has 0 saturated carbocycles. The van der Waals surface area contributed by atoms with Crippen LogP contribution in [-0.4, -0.2) is 39.5 Å². The summed E-state index contributed by atoms with van der Waals surface area (Å²) >= 11 is 6.58. The molecule has 12 heteroatoms. The van der Waals surface area contributed by atoms with Gasteiger partial charge in [-0.1, -0.05) is 29.8 Å². The normalized spacial score (nSPS) is 16.0. The second kappa shape index (κ2) is 13.1. The van der Waals surface area contributed by atoms with Gasteiger partial charge in [-0.05, 0) is 61.4 Å². The largest absolute Gasteiger partial charge is 0.490 e. The van der Waals surface area contributed by atoms with Crippen LogP contribution in [0.2, 0.25) is 5.02 Å². The summed E-state index contributed by atoms with van der Waals surface area (Å²) in [5, 5.41) is 2.86. The lowest BCUT2D eigenvalue weighted by Crippen LogP contribution is -2.44. The molecule has 0 bridgehead atoms. The maximum atomic E-state index is 13.0. The van der Waals surface area contributed by atoms with E-state index in [4.69, 9.17) is 27.8 Å². The topological polar surface area (TPSA) is 151 Å². The standard InChI is InChI=1S/C27H32ClN5O5.ClH/c1-32-21-14-16(8-10-19(21)33(27(32)37)20-11-13-24(35)31-26(20)36)4-2-5-17-6-3-7-22(25(17)28)38-15-18(29)9-12-23(30)34;/h3,6-8,10,14,18,20H,2,4-5,9,11-13,15,29H2,1H3,(H2,30,34)(H,31,35,36);1H/t18-,20?;/m0./s1. The fraction of sp³-hybridized carbons (Fsp3) is 0.407. The first-order valence-electron chi connectivity index (χ1n) is 12.6. The first-order valence-corrected chi connectivity index (χ1v) is 13.0. The van der Waals surface area contributed by atoms with Crippen LogP contribution in [0.25, 0.3) is 11.0 Å². The molecular weight excluding hydrogens is 545 g/mol. The van der Waals surface area contributed by atoms with E-state index in [1.54, 1.807) is 13.1 Å². The lowest BCUT2D eigenvalue weighted by Gasteiger charge is -2.21. The number of amides is 3. The molecule has 1 fully saturated rings. The summed E-state index contributed by atoms with van der Waals surface area (Å²) in [5.41, 5.74) is 14.3. The minimum Gasteiger partial charge on any atom is -0.490 e. The van der Waals surface area contributed by atoms with Gasteiger partial charge >= 0.3 is 5.69 Å². The third-order valence-corrected chi connectivity index (χ3v) is 7.27. The molecule has 2 aromatic carbocycles. The Labute approximate surface area is 237 Å². The molecule has 4 rings (SSSR count). The predicted molar refractivity (Wildman–Crippen MR) is 151 cm³/mol. The van der Waals surface area contributed by atoms with Gasteiger partial charge in [-0.15, -0.1) is 12.4 Å². The minimum absolute atomic E-state index is 0. The summed E-state index contributed by atoms with van der Waals surface area (Å²) in [7, 11) is 1.68. The van der Waals surface area contributed by atoms with Gasteiger partial charge in [0.1, 0.15) is 18.4 Å². The minimum atomic E-state index is -0.705. The van der Waals surface area contributed by atoms with E-state index in [1.807, 2.05) is 30.3 Å². The molecule has 10 nitrogen and oxygen atoms in total. The predicted octanol–water partition coefficient (Wildman–Crippen LogP) is 2.54. The Bertz CT molecular complexity index is 1430. The highest BCUT2D eigenvalue weighted by atomic mass is 35.5. The number of ether oxygens (including phenoxy) is 1. The summed E-state index contributed by atoms with van der Waals surface area (Å²) in [5.74, 6) is -0.614. The number of nitrogens with zero attached hydrogens (tertiary/aromatic N) is 2. The third kappa shape index (κ3) is 7.00. The maximum absolute atomic E-state index is 13.0. The zero-order valence-electron chi connectivity index (χ0n) is 21.7. The number of imide groups is 1. The molecule has 2 atom stereocenters. The fourth-order valence-electron chi connectivity index (χ4n) is 4.75. The number of aryl methyl sites for hydroxylation is 3. The Hall–Kier alpha value is -3.34. The first kappa shape index (κ1) is 30.2. The number of halogens is 2. The second-order valence-corrected chi connectivity index (χ2v) is 10.0. The molecule has 1 saturated heterocycles. The quantitative estimate of drug-likeness (QED) is 0.298. The van der Waals surface area contributed by atoms with Gasteiger partial charge in [0.2, 0.25) is 17.7 Å². The van der Waals surface area contributed by atoms with E-state index in [0.29, 0.717) is 29.1 Å². The van der Waals surface area contributed by atoms with Crippen LogP contribution in [0.4, 0.5) is 0 Å². The summed E-state index contributed by atoms with van der Waals surface area (Å²) < 4.78 is 8.80. The molecule has 3 amide bonds. The summed E-state index contributed by atoms with van der Waals surface area (Å²) in [6.07, 6.45) is 3.45. The highest BCUT2D eigenvalue weighted by Crippen LogP contribution is 2.30. The van der Waals surface area contributed by atoms with Crippen molar-refractivity contribution in [3.63, 3.8) is 0 Å². The number of carbonyl (C=O) groups is 3. The number of imidazole rings is 1. The molecule has 1 aromatic heterocycles. The van der Waals surface area contributed by atoms with Crippen molar-refractivity contribution in [2.45, 2.75) is 57.0 Å². The zero-order valence-corrected chi connectivity index (χ0v) is 23.2. The number of aromatic nitrogens is 2. The van der Waals surface area contributed by atoms with Crippen molar-refractivity contribution in [3.8, 4) is 5.75 Å². The fourth-order valence-corrected chi connectivity index (χ4v) is 5.02. The van der Waals surface area contributed by atoms with Crippen LogP contribution < -0.4 is 27.2 Å². The van der Waals surface area contributed by atoms with Crippen LogP contribution in [0.1, 0.15) is 49.3 Å². The number of hydrogen-bond acceptors (Lipinski definition) is 6. The molecule has 0 aliphatic carbocycles. The molecule has 3 aromatic rings. The summed E-state index contributed by atoms with van der Waals surface area (Å²) in [6.45, 7) is 0.230. The Morgan fingerprint density at radius 3 is 2.67 bits per heavy atom. The molecule has 1 aliphatic rings. The Morgan fingerprint density at radius 1 is 1.18 bits per heavy atom. The molecule has 210 valence electrons. The Kier molecular flexibility index (Phi) is 10.2. The van der Waals surface area contributed by atoms with Gasteiger partial charge in [0.25, 0.3) is 0 Å². The summed E-state index contributed by atoms with van der Waals surface area (Å²) in [6, 6.07) is 10.4. The van der Waals surface area contributed by atoms with Crippen molar-refractivity contribution in [3.05, 3.63) is 63.0 Å². The number of fused-ring (bicyclic) bond motifs is 1. The number of piperidine rings is 1. The first-order chi connectivity index (χ1) is 18.2. The van der Waals surface area contributed by atoms with Gasteiger partial charge in [-0.25, -0.2) is 4.79 Å². The van der Waals surface area contributed by atoms with Crippen molar-refractivity contribution in [1.29, 1.82) is 0 Å². The van der Waals surface area contributed by atoms with Crippen molar-refractivity contribution < 1.29 is 19.1 Å². The number of carbonyl (C=O) groups excluding carboxylic acids is 3. The molecule has 1 aliphatic heterocycles. The number of nitrogens with two attached hydrogens (primary N) is 2. The van der Waals surface area contributed by atoms with E-state index in [2.05, 4.69) is 5.32 Å². The number of nitrogens with one attached hydrogen (secondary N) is 1. The monoisotopic (exact) mass is 577 g/mol. The SMILES string of the molecule is Cl.Cn1c(=O)n(C2CCC(=O)NC2=O)c2ccc(CCCc3cccc(OC[C@@H](N)CCC(N)=O)c3Cl)cc21. The van der Waals surface area contributed by atoms with E-state index in [0.717, 1.165) is 35.9 Å². The molecule has 5 N–H and O–H groups in total. The lowest BCUT2D eigenvalue weighted by molar-refractivity contribution is -0.135. The van der Waals surface area contributed by atoms with Crippen LogP contribution in [0.15, 0.2) is 41.2 Å². The molecule has 0 radical (unpaired) electrons.